The molecule has 2 aliphatic rings. The Bertz CT molecular complexity index is 266. The van der Waals surface area contributed by atoms with Gasteiger partial charge in [0.15, 0.2) is 0 Å². The SMILES string of the molecule is CC(=O)N1CCC(N2CCC(CCN)CC2)CC1. The highest BCUT2D eigenvalue weighted by Crippen LogP contribution is 2.25. The van der Waals surface area contributed by atoms with E-state index >= 15 is 0 Å². The van der Waals surface area contributed by atoms with Gasteiger partial charge in [-0.2, -0.15) is 0 Å². The minimum atomic E-state index is 0.232. The molecule has 4 heteroatoms. The molecule has 104 valence electrons. The summed E-state index contributed by atoms with van der Waals surface area (Å²) in [6.45, 7) is 6.87. The minimum absolute atomic E-state index is 0.232. The zero-order chi connectivity index (χ0) is 13.0. The van der Waals surface area contributed by atoms with Crippen LogP contribution in [-0.2, 0) is 4.79 Å². The molecule has 2 fully saturated rings. The largest absolute Gasteiger partial charge is 0.343 e. The lowest BCUT2D eigenvalue weighted by atomic mass is 9.91. The topological polar surface area (TPSA) is 49.6 Å². The highest BCUT2D eigenvalue weighted by atomic mass is 16.2. The fourth-order valence-corrected chi connectivity index (χ4v) is 3.39. The summed E-state index contributed by atoms with van der Waals surface area (Å²) in [5.41, 5.74) is 5.63. The van der Waals surface area contributed by atoms with Gasteiger partial charge in [0, 0.05) is 26.1 Å². The standard InChI is InChI=1S/C14H27N3O/c1-12(18)16-10-5-14(6-11-16)17-8-3-13(2-7-15)4-9-17/h13-14H,2-11,15H2,1H3. The highest BCUT2D eigenvalue weighted by molar-refractivity contribution is 5.73. The summed E-state index contributed by atoms with van der Waals surface area (Å²) in [6.07, 6.45) is 6.12. The van der Waals surface area contributed by atoms with Gasteiger partial charge in [0.05, 0.1) is 0 Å². The lowest BCUT2D eigenvalue weighted by molar-refractivity contribution is -0.130. The summed E-state index contributed by atoms with van der Waals surface area (Å²) < 4.78 is 0. The number of likely N-dealkylation sites (tertiary alicyclic amines) is 2. The van der Waals surface area contributed by atoms with Crippen LogP contribution in [-0.4, -0.2) is 54.5 Å². The quantitative estimate of drug-likeness (QED) is 0.818. The van der Waals surface area contributed by atoms with Gasteiger partial charge in [0.25, 0.3) is 0 Å². The number of carbonyl (C=O) groups excluding carboxylic acids is 1. The van der Waals surface area contributed by atoms with E-state index in [1.807, 2.05) is 4.90 Å². The smallest absolute Gasteiger partial charge is 0.219 e. The molecular weight excluding hydrogens is 226 g/mol. The molecule has 0 aromatic heterocycles. The molecule has 2 N–H and O–H groups in total. The van der Waals surface area contributed by atoms with Crippen molar-refractivity contribution in [1.82, 2.24) is 9.80 Å². The minimum Gasteiger partial charge on any atom is -0.343 e. The van der Waals surface area contributed by atoms with Gasteiger partial charge in [-0.3, -0.25) is 4.79 Å². The Morgan fingerprint density at radius 3 is 2.22 bits per heavy atom. The maximum absolute atomic E-state index is 11.3. The fraction of sp³-hybridized carbons (Fsp3) is 0.929. The third-order valence-electron chi connectivity index (χ3n) is 4.65. The van der Waals surface area contributed by atoms with E-state index in [2.05, 4.69) is 4.90 Å². The Hall–Kier alpha value is -0.610. The van der Waals surface area contributed by atoms with Crippen LogP contribution in [0.2, 0.25) is 0 Å². The average molecular weight is 253 g/mol. The van der Waals surface area contributed by atoms with E-state index in [1.165, 1.54) is 32.4 Å². The molecule has 0 spiro atoms. The van der Waals surface area contributed by atoms with Crippen LogP contribution in [0, 0.1) is 5.92 Å². The van der Waals surface area contributed by atoms with E-state index in [0.717, 1.165) is 38.4 Å². The molecule has 2 heterocycles. The molecule has 2 rings (SSSR count). The molecular formula is C14H27N3O. The van der Waals surface area contributed by atoms with Crippen molar-refractivity contribution < 1.29 is 4.79 Å². The monoisotopic (exact) mass is 253 g/mol. The van der Waals surface area contributed by atoms with E-state index in [-0.39, 0.29) is 5.91 Å². The number of hydrogen-bond acceptors (Lipinski definition) is 3. The molecule has 1 amide bonds. The second-order valence-electron chi connectivity index (χ2n) is 5.79. The Morgan fingerprint density at radius 1 is 1.11 bits per heavy atom. The number of carbonyl (C=O) groups is 1. The predicted octanol–water partition coefficient (Wildman–Crippen LogP) is 1.06. The Morgan fingerprint density at radius 2 is 1.72 bits per heavy atom. The number of rotatable bonds is 3. The number of amides is 1. The summed E-state index contributed by atoms with van der Waals surface area (Å²) >= 11 is 0. The van der Waals surface area contributed by atoms with Gasteiger partial charge >= 0.3 is 0 Å². The molecule has 0 atom stereocenters. The highest BCUT2D eigenvalue weighted by Gasteiger charge is 2.28. The van der Waals surface area contributed by atoms with E-state index < -0.39 is 0 Å². The first-order valence-corrected chi connectivity index (χ1v) is 7.40. The molecule has 0 bridgehead atoms. The second-order valence-corrected chi connectivity index (χ2v) is 5.79. The van der Waals surface area contributed by atoms with Crippen LogP contribution < -0.4 is 5.73 Å². The van der Waals surface area contributed by atoms with Gasteiger partial charge in [-0.25, -0.2) is 0 Å². The predicted molar refractivity (Wildman–Crippen MR) is 73.2 cm³/mol. The number of nitrogens with two attached hydrogens (primary N) is 1. The molecule has 0 radical (unpaired) electrons. The van der Waals surface area contributed by atoms with Crippen molar-refractivity contribution in [3.05, 3.63) is 0 Å². The summed E-state index contributed by atoms with van der Waals surface area (Å²) in [5, 5.41) is 0. The fourth-order valence-electron chi connectivity index (χ4n) is 3.39. The molecule has 0 aliphatic carbocycles. The first-order valence-electron chi connectivity index (χ1n) is 7.40. The van der Waals surface area contributed by atoms with Gasteiger partial charge < -0.3 is 15.5 Å². The van der Waals surface area contributed by atoms with Crippen molar-refractivity contribution in [1.29, 1.82) is 0 Å². The molecule has 0 unspecified atom stereocenters. The summed E-state index contributed by atoms with van der Waals surface area (Å²) in [4.78, 5) is 15.9. The van der Waals surface area contributed by atoms with Crippen molar-refractivity contribution in [3.8, 4) is 0 Å². The Labute approximate surface area is 110 Å². The van der Waals surface area contributed by atoms with Gasteiger partial charge in [-0.15, -0.1) is 0 Å². The van der Waals surface area contributed by atoms with Gasteiger partial charge in [0.2, 0.25) is 5.91 Å². The summed E-state index contributed by atoms with van der Waals surface area (Å²) in [7, 11) is 0. The van der Waals surface area contributed by atoms with E-state index in [1.54, 1.807) is 6.92 Å². The zero-order valence-electron chi connectivity index (χ0n) is 11.6. The van der Waals surface area contributed by atoms with Crippen molar-refractivity contribution in [2.75, 3.05) is 32.7 Å². The number of nitrogens with zero attached hydrogens (tertiary/aromatic N) is 2. The third kappa shape index (κ3) is 3.45. The first-order chi connectivity index (χ1) is 8.70. The van der Waals surface area contributed by atoms with E-state index in [0.29, 0.717) is 6.04 Å². The maximum Gasteiger partial charge on any atom is 0.219 e. The summed E-state index contributed by atoms with van der Waals surface area (Å²) in [6, 6.07) is 0.708. The number of piperidine rings is 2. The average Bonchev–Trinajstić information content (AvgIpc) is 2.40. The molecule has 0 aromatic carbocycles. The first kappa shape index (κ1) is 13.8. The van der Waals surface area contributed by atoms with Gasteiger partial charge in [0.1, 0.15) is 0 Å². The third-order valence-corrected chi connectivity index (χ3v) is 4.65. The van der Waals surface area contributed by atoms with Crippen molar-refractivity contribution in [2.45, 2.75) is 45.1 Å². The van der Waals surface area contributed by atoms with Crippen molar-refractivity contribution in [3.63, 3.8) is 0 Å². The molecule has 4 nitrogen and oxygen atoms in total. The van der Waals surface area contributed by atoms with Crippen LogP contribution in [0.25, 0.3) is 0 Å². The molecule has 2 saturated heterocycles. The molecule has 0 saturated carbocycles. The van der Waals surface area contributed by atoms with Crippen molar-refractivity contribution >= 4 is 5.91 Å². The maximum atomic E-state index is 11.3. The van der Waals surface area contributed by atoms with Crippen LogP contribution >= 0.6 is 0 Å². The molecule has 0 aromatic rings. The van der Waals surface area contributed by atoms with Crippen molar-refractivity contribution in [2.24, 2.45) is 11.7 Å². The lowest BCUT2D eigenvalue weighted by Gasteiger charge is -2.41. The van der Waals surface area contributed by atoms with Crippen LogP contribution in [0.4, 0.5) is 0 Å². The van der Waals surface area contributed by atoms with E-state index in [9.17, 15) is 4.79 Å². The van der Waals surface area contributed by atoms with Crippen LogP contribution in [0.1, 0.15) is 39.0 Å². The van der Waals surface area contributed by atoms with Crippen LogP contribution in [0.3, 0.4) is 0 Å². The van der Waals surface area contributed by atoms with Gasteiger partial charge in [-0.05, 0) is 57.7 Å². The number of hydrogen-bond donors (Lipinski definition) is 1. The van der Waals surface area contributed by atoms with Gasteiger partial charge in [-0.1, -0.05) is 0 Å². The summed E-state index contributed by atoms with van der Waals surface area (Å²) in [5.74, 6) is 1.08. The normalized spacial score (nSPS) is 24.4. The van der Waals surface area contributed by atoms with E-state index in [4.69, 9.17) is 5.73 Å². The second kappa shape index (κ2) is 6.53. The van der Waals surface area contributed by atoms with Crippen LogP contribution in [0.15, 0.2) is 0 Å². The Balaban J connectivity index is 1.73. The molecule has 2 aliphatic heterocycles. The molecule has 18 heavy (non-hydrogen) atoms. The lowest BCUT2D eigenvalue weighted by Crippen LogP contribution is -2.48. The zero-order valence-corrected chi connectivity index (χ0v) is 11.6. The van der Waals surface area contributed by atoms with Crippen LogP contribution in [0.5, 0.6) is 0 Å². The Kier molecular flexibility index (Phi) is 5.01.